The van der Waals surface area contributed by atoms with Crippen molar-refractivity contribution < 1.29 is 27.9 Å². The highest BCUT2D eigenvalue weighted by Gasteiger charge is 2.45. The van der Waals surface area contributed by atoms with Gasteiger partial charge < -0.3 is 14.6 Å². The molecule has 0 aromatic carbocycles. The van der Waals surface area contributed by atoms with Gasteiger partial charge in [0.15, 0.2) is 0 Å². The van der Waals surface area contributed by atoms with Gasteiger partial charge in [-0.05, 0) is 26.8 Å². The van der Waals surface area contributed by atoms with Gasteiger partial charge in [-0.3, -0.25) is 9.69 Å². The molecule has 1 aromatic rings. The number of alkyl halides is 3. The van der Waals surface area contributed by atoms with E-state index in [0.717, 1.165) is 39.0 Å². The van der Waals surface area contributed by atoms with E-state index in [-0.39, 0.29) is 11.4 Å². The minimum absolute atomic E-state index is 0.0262. The Labute approximate surface area is 149 Å². The van der Waals surface area contributed by atoms with Crippen molar-refractivity contribution in [1.29, 1.82) is 0 Å². The van der Waals surface area contributed by atoms with Gasteiger partial charge in [0.1, 0.15) is 5.82 Å². The first-order chi connectivity index (χ1) is 12.0. The van der Waals surface area contributed by atoms with Crippen molar-refractivity contribution in [2.75, 3.05) is 26.7 Å². The monoisotopic (exact) mass is 376 g/mol. The summed E-state index contributed by atoms with van der Waals surface area (Å²) in [5, 5.41) is 7.12. The SMILES string of the molecule is CC(=O)N1CCC2(CC1)c1ncc(C)n1CCN2C.O=C(O)C(F)(F)F. The van der Waals surface area contributed by atoms with Crippen LogP contribution < -0.4 is 0 Å². The number of hydrogen-bond acceptors (Lipinski definition) is 4. The Kier molecular flexibility index (Phi) is 5.64. The molecule has 0 unspecified atom stereocenters. The summed E-state index contributed by atoms with van der Waals surface area (Å²) in [6.07, 6.45) is -1.13. The van der Waals surface area contributed by atoms with E-state index in [1.54, 1.807) is 6.92 Å². The first-order valence-corrected chi connectivity index (χ1v) is 8.28. The number of rotatable bonds is 0. The van der Waals surface area contributed by atoms with Gasteiger partial charge in [0.05, 0.1) is 5.54 Å². The Balaban J connectivity index is 0.000000298. The Hall–Kier alpha value is -2.10. The Bertz CT molecular complexity index is 679. The summed E-state index contributed by atoms with van der Waals surface area (Å²) in [6, 6.07) is 0. The molecule has 0 radical (unpaired) electrons. The number of hydrogen-bond donors (Lipinski definition) is 1. The predicted octanol–water partition coefficient (Wildman–Crippen LogP) is 1.61. The Morgan fingerprint density at radius 3 is 2.19 bits per heavy atom. The molecule has 0 atom stereocenters. The van der Waals surface area contributed by atoms with E-state index in [2.05, 4.69) is 28.4 Å². The van der Waals surface area contributed by atoms with Gasteiger partial charge in [-0.2, -0.15) is 13.2 Å². The highest BCUT2D eigenvalue weighted by molar-refractivity contribution is 5.73. The third-order valence-electron chi connectivity index (χ3n) is 5.14. The number of aromatic nitrogens is 2. The molecule has 1 saturated heterocycles. The zero-order valence-electron chi connectivity index (χ0n) is 15.0. The lowest BCUT2D eigenvalue weighted by Crippen LogP contribution is -2.56. The summed E-state index contributed by atoms with van der Waals surface area (Å²) in [4.78, 5) is 29.4. The van der Waals surface area contributed by atoms with Crippen LogP contribution in [0.2, 0.25) is 0 Å². The van der Waals surface area contributed by atoms with Crippen molar-refractivity contribution in [2.24, 2.45) is 0 Å². The molecule has 10 heteroatoms. The lowest BCUT2D eigenvalue weighted by atomic mass is 9.83. The molecular formula is C16H23F3N4O3. The van der Waals surface area contributed by atoms with Crippen molar-refractivity contribution >= 4 is 11.9 Å². The number of carboxylic acid groups (broad SMARTS) is 1. The lowest BCUT2D eigenvalue weighted by molar-refractivity contribution is -0.192. The molecule has 1 aromatic heterocycles. The van der Waals surface area contributed by atoms with E-state index < -0.39 is 12.1 Å². The second kappa shape index (κ2) is 7.26. The molecule has 1 fully saturated rings. The normalized spacial score (nSPS) is 19.5. The Morgan fingerprint density at radius 2 is 1.73 bits per heavy atom. The molecule has 3 rings (SSSR count). The maximum atomic E-state index is 11.5. The highest BCUT2D eigenvalue weighted by Crippen LogP contribution is 2.39. The van der Waals surface area contributed by atoms with Gasteiger partial charge in [0, 0.05) is 45.0 Å². The number of carbonyl (C=O) groups excluding carboxylic acids is 1. The van der Waals surface area contributed by atoms with E-state index in [4.69, 9.17) is 9.90 Å². The summed E-state index contributed by atoms with van der Waals surface area (Å²) in [5.41, 5.74) is 1.27. The number of halogens is 3. The number of piperidine rings is 1. The van der Waals surface area contributed by atoms with Gasteiger partial charge in [0.2, 0.25) is 5.91 Å². The van der Waals surface area contributed by atoms with Crippen LogP contribution in [0.3, 0.4) is 0 Å². The van der Waals surface area contributed by atoms with Gasteiger partial charge in [-0.1, -0.05) is 0 Å². The van der Waals surface area contributed by atoms with E-state index in [0.29, 0.717) is 0 Å². The average Bonchev–Trinajstić information content (AvgIpc) is 2.93. The molecule has 1 spiro atoms. The maximum absolute atomic E-state index is 11.5. The Morgan fingerprint density at radius 1 is 1.19 bits per heavy atom. The van der Waals surface area contributed by atoms with Gasteiger partial charge in [0.25, 0.3) is 0 Å². The van der Waals surface area contributed by atoms with Crippen LogP contribution in [-0.2, 0) is 21.7 Å². The summed E-state index contributed by atoms with van der Waals surface area (Å²) in [7, 11) is 2.19. The molecule has 7 nitrogen and oxygen atoms in total. The second-order valence-corrected chi connectivity index (χ2v) is 6.64. The quantitative estimate of drug-likeness (QED) is 0.744. The van der Waals surface area contributed by atoms with Crippen LogP contribution >= 0.6 is 0 Å². The molecule has 1 N–H and O–H groups in total. The van der Waals surface area contributed by atoms with Crippen molar-refractivity contribution in [2.45, 2.75) is 44.9 Å². The van der Waals surface area contributed by atoms with Crippen LogP contribution in [0.25, 0.3) is 0 Å². The molecule has 0 bridgehead atoms. The number of fused-ring (bicyclic) bond motifs is 2. The minimum Gasteiger partial charge on any atom is -0.475 e. The van der Waals surface area contributed by atoms with Crippen LogP contribution in [-0.4, -0.2) is 69.2 Å². The van der Waals surface area contributed by atoms with E-state index in [9.17, 15) is 18.0 Å². The molecule has 146 valence electrons. The van der Waals surface area contributed by atoms with Gasteiger partial charge in [-0.15, -0.1) is 0 Å². The number of aryl methyl sites for hydroxylation is 1. The molecule has 2 aliphatic heterocycles. The number of aliphatic carboxylic acids is 1. The molecule has 2 aliphatic rings. The summed E-state index contributed by atoms with van der Waals surface area (Å²) < 4.78 is 34.1. The zero-order chi connectivity index (χ0) is 19.7. The van der Waals surface area contributed by atoms with Crippen LogP contribution in [0.4, 0.5) is 13.2 Å². The average molecular weight is 376 g/mol. The number of nitrogens with zero attached hydrogens (tertiary/aromatic N) is 4. The van der Waals surface area contributed by atoms with Crippen LogP contribution in [0.5, 0.6) is 0 Å². The van der Waals surface area contributed by atoms with Crippen molar-refractivity contribution in [1.82, 2.24) is 19.4 Å². The van der Waals surface area contributed by atoms with Crippen molar-refractivity contribution in [3.63, 3.8) is 0 Å². The highest BCUT2D eigenvalue weighted by atomic mass is 19.4. The molecule has 26 heavy (non-hydrogen) atoms. The largest absolute Gasteiger partial charge is 0.490 e. The lowest BCUT2D eigenvalue weighted by Gasteiger charge is -2.49. The smallest absolute Gasteiger partial charge is 0.475 e. The van der Waals surface area contributed by atoms with Gasteiger partial charge >= 0.3 is 12.1 Å². The zero-order valence-corrected chi connectivity index (χ0v) is 15.0. The van der Waals surface area contributed by atoms with E-state index in [1.807, 2.05) is 11.1 Å². The summed E-state index contributed by atoms with van der Waals surface area (Å²) in [5.74, 6) is -1.37. The third kappa shape index (κ3) is 3.84. The molecule has 0 saturated carbocycles. The fraction of sp³-hybridized carbons (Fsp3) is 0.688. The summed E-state index contributed by atoms with van der Waals surface area (Å²) in [6.45, 7) is 7.55. The first kappa shape index (κ1) is 20.2. The topological polar surface area (TPSA) is 78.7 Å². The third-order valence-corrected chi connectivity index (χ3v) is 5.14. The number of likely N-dealkylation sites (tertiary alicyclic amines) is 1. The molecule has 3 heterocycles. The summed E-state index contributed by atoms with van der Waals surface area (Å²) >= 11 is 0. The van der Waals surface area contributed by atoms with Crippen LogP contribution in [0, 0.1) is 6.92 Å². The van der Waals surface area contributed by atoms with Crippen molar-refractivity contribution in [3.8, 4) is 0 Å². The maximum Gasteiger partial charge on any atom is 0.490 e. The fourth-order valence-corrected chi connectivity index (χ4v) is 3.55. The molecule has 1 amide bonds. The number of carboxylic acids is 1. The number of amides is 1. The van der Waals surface area contributed by atoms with E-state index >= 15 is 0 Å². The number of imidazole rings is 1. The first-order valence-electron chi connectivity index (χ1n) is 8.28. The van der Waals surface area contributed by atoms with E-state index in [1.165, 1.54) is 11.5 Å². The fourth-order valence-electron chi connectivity index (χ4n) is 3.55. The molecular weight excluding hydrogens is 353 g/mol. The predicted molar refractivity (Wildman–Crippen MR) is 86.5 cm³/mol. The molecule has 0 aliphatic carbocycles. The number of likely N-dealkylation sites (N-methyl/N-ethyl adjacent to an activating group) is 1. The standard InChI is InChI=1S/C14H22N4O.C2HF3O2/c1-11-10-15-13-14(16(3)8-9-18(11)13)4-6-17(7-5-14)12(2)19;3-2(4,5)1(6)7/h10H,4-9H2,1-3H3;(H,6,7). The number of carbonyl (C=O) groups is 2. The van der Waals surface area contributed by atoms with Crippen LogP contribution in [0.1, 0.15) is 31.3 Å². The second-order valence-electron chi connectivity index (χ2n) is 6.64. The van der Waals surface area contributed by atoms with Gasteiger partial charge in [-0.25, -0.2) is 9.78 Å². The van der Waals surface area contributed by atoms with Crippen molar-refractivity contribution in [3.05, 3.63) is 17.7 Å². The minimum atomic E-state index is -5.08. The van der Waals surface area contributed by atoms with Crippen LogP contribution in [0.15, 0.2) is 6.20 Å².